The van der Waals surface area contributed by atoms with Gasteiger partial charge in [0.05, 0.1) is 10.1 Å². The maximum Gasteiger partial charge on any atom is 0.231 e. The first-order valence-electron chi connectivity index (χ1n) is 7.61. The van der Waals surface area contributed by atoms with Gasteiger partial charge >= 0.3 is 0 Å². The molecule has 5 nitrogen and oxygen atoms in total. The molecule has 1 aliphatic carbocycles. The van der Waals surface area contributed by atoms with Gasteiger partial charge < -0.3 is 15.2 Å². The zero-order chi connectivity index (χ0) is 16.9. The van der Waals surface area contributed by atoms with E-state index in [0.29, 0.717) is 23.1 Å². The third-order valence-electron chi connectivity index (χ3n) is 4.65. The van der Waals surface area contributed by atoms with Gasteiger partial charge in [-0.15, -0.1) is 0 Å². The summed E-state index contributed by atoms with van der Waals surface area (Å²) in [5.74, 6) is 1.09. The monoisotopic (exact) mass is 365 g/mol. The average Bonchev–Trinajstić information content (AvgIpc) is 3.15. The molecule has 4 rings (SSSR count). The van der Waals surface area contributed by atoms with Crippen LogP contribution >= 0.6 is 11.6 Å². The van der Waals surface area contributed by atoms with E-state index < -0.39 is 15.1 Å². The number of sulfone groups is 1. The number of nitrogens with two attached hydrogens (primary N) is 1. The number of halogens is 1. The fourth-order valence-corrected chi connectivity index (χ4v) is 5.74. The molecule has 2 aliphatic rings. The molecule has 0 radical (unpaired) electrons. The lowest BCUT2D eigenvalue weighted by molar-refractivity contribution is 0.174. The number of hydrogen-bond acceptors (Lipinski definition) is 5. The molecule has 0 bridgehead atoms. The largest absolute Gasteiger partial charge is 0.454 e. The van der Waals surface area contributed by atoms with E-state index in [1.54, 1.807) is 24.3 Å². The zero-order valence-electron chi connectivity index (χ0n) is 12.7. The molecule has 0 aromatic heterocycles. The van der Waals surface area contributed by atoms with Crippen molar-refractivity contribution in [2.45, 2.75) is 16.1 Å². The molecule has 1 aliphatic heterocycles. The molecule has 0 spiro atoms. The number of rotatable bonds is 4. The van der Waals surface area contributed by atoms with Gasteiger partial charge in [0.15, 0.2) is 21.3 Å². The predicted octanol–water partition coefficient (Wildman–Crippen LogP) is 2.58. The highest BCUT2D eigenvalue weighted by molar-refractivity contribution is 7.92. The molecule has 3 atom stereocenters. The number of hydrogen-bond donors (Lipinski definition) is 1. The Morgan fingerprint density at radius 1 is 1.08 bits per heavy atom. The van der Waals surface area contributed by atoms with Crippen LogP contribution in [0.2, 0.25) is 5.02 Å². The van der Waals surface area contributed by atoms with Crippen LogP contribution in [0.25, 0.3) is 0 Å². The van der Waals surface area contributed by atoms with E-state index in [9.17, 15) is 8.42 Å². The van der Waals surface area contributed by atoms with Crippen LogP contribution in [0.1, 0.15) is 11.5 Å². The van der Waals surface area contributed by atoms with Crippen LogP contribution in [0.15, 0.2) is 47.4 Å². The van der Waals surface area contributed by atoms with Crippen molar-refractivity contribution in [2.24, 2.45) is 11.7 Å². The SMILES string of the molecule is NC[C@@H]1[C@H](c2ccc3c(c2)OCO3)[C@@H]1S(=O)(=O)c1ccc(Cl)cc1. The van der Waals surface area contributed by atoms with E-state index >= 15 is 0 Å². The minimum Gasteiger partial charge on any atom is -0.454 e. The minimum absolute atomic E-state index is 0.106. The lowest BCUT2D eigenvalue weighted by Gasteiger charge is -2.05. The maximum atomic E-state index is 12.9. The number of fused-ring (bicyclic) bond motifs is 1. The van der Waals surface area contributed by atoms with Gasteiger partial charge in [0.1, 0.15) is 0 Å². The summed E-state index contributed by atoms with van der Waals surface area (Å²) in [6.07, 6.45) is 0. The average molecular weight is 366 g/mol. The molecule has 0 saturated heterocycles. The highest BCUT2D eigenvalue weighted by Crippen LogP contribution is 2.54. The smallest absolute Gasteiger partial charge is 0.231 e. The molecule has 0 unspecified atom stereocenters. The van der Waals surface area contributed by atoms with Crippen LogP contribution in [-0.2, 0) is 9.84 Å². The minimum atomic E-state index is -3.47. The first-order chi connectivity index (χ1) is 11.5. The Morgan fingerprint density at radius 3 is 2.50 bits per heavy atom. The normalized spacial score (nSPS) is 24.8. The predicted molar refractivity (Wildman–Crippen MR) is 90.3 cm³/mol. The summed E-state index contributed by atoms with van der Waals surface area (Å²) in [5.41, 5.74) is 6.74. The van der Waals surface area contributed by atoms with Crippen LogP contribution < -0.4 is 15.2 Å². The molecule has 24 heavy (non-hydrogen) atoms. The molecular formula is C17H16ClNO4S. The van der Waals surface area contributed by atoms with Gasteiger partial charge in [0.25, 0.3) is 0 Å². The van der Waals surface area contributed by atoms with Crippen molar-refractivity contribution >= 4 is 21.4 Å². The van der Waals surface area contributed by atoms with E-state index in [0.717, 1.165) is 5.56 Å². The number of benzene rings is 2. The molecule has 2 aromatic rings. The highest BCUT2D eigenvalue weighted by atomic mass is 35.5. The zero-order valence-corrected chi connectivity index (χ0v) is 14.3. The Kier molecular flexibility index (Phi) is 3.71. The molecule has 0 amide bonds. The van der Waals surface area contributed by atoms with Gasteiger partial charge in [-0.1, -0.05) is 17.7 Å². The first kappa shape index (κ1) is 15.7. The first-order valence-corrected chi connectivity index (χ1v) is 9.54. The van der Waals surface area contributed by atoms with Crippen LogP contribution in [-0.4, -0.2) is 27.0 Å². The molecule has 1 heterocycles. The summed E-state index contributed by atoms with van der Waals surface area (Å²) in [6.45, 7) is 0.507. The second kappa shape index (κ2) is 5.65. The van der Waals surface area contributed by atoms with Crippen molar-refractivity contribution in [3.63, 3.8) is 0 Å². The van der Waals surface area contributed by atoms with Gasteiger partial charge in [0.2, 0.25) is 6.79 Å². The Hall–Kier alpha value is -1.76. The molecular weight excluding hydrogens is 350 g/mol. The summed E-state index contributed by atoms with van der Waals surface area (Å²) in [4.78, 5) is 0.276. The molecule has 2 N–H and O–H groups in total. The van der Waals surface area contributed by atoms with Crippen molar-refractivity contribution in [1.29, 1.82) is 0 Å². The lowest BCUT2D eigenvalue weighted by Crippen LogP contribution is -2.13. The molecule has 2 aromatic carbocycles. The van der Waals surface area contributed by atoms with Crippen molar-refractivity contribution in [3.8, 4) is 11.5 Å². The Balaban J connectivity index is 1.67. The highest BCUT2D eigenvalue weighted by Gasteiger charge is 2.58. The van der Waals surface area contributed by atoms with Gasteiger partial charge in [0, 0.05) is 10.9 Å². The summed E-state index contributed by atoms with van der Waals surface area (Å²) in [5, 5.41) is -0.0171. The Labute approximate surface area is 145 Å². The third-order valence-corrected chi connectivity index (χ3v) is 7.19. The van der Waals surface area contributed by atoms with Gasteiger partial charge in [-0.3, -0.25) is 0 Å². The van der Waals surface area contributed by atoms with Gasteiger partial charge in [-0.25, -0.2) is 8.42 Å². The summed E-state index contributed by atoms with van der Waals surface area (Å²) in [7, 11) is -3.47. The molecule has 126 valence electrons. The van der Waals surface area contributed by atoms with E-state index in [1.165, 1.54) is 0 Å². The fourth-order valence-electron chi connectivity index (χ4n) is 3.38. The summed E-state index contributed by atoms with van der Waals surface area (Å²) in [6, 6.07) is 11.8. The third kappa shape index (κ3) is 2.46. The summed E-state index contributed by atoms with van der Waals surface area (Å²) >= 11 is 5.85. The van der Waals surface area contributed by atoms with E-state index in [4.69, 9.17) is 26.8 Å². The van der Waals surface area contributed by atoms with E-state index in [2.05, 4.69) is 0 Å². The van der Waals surface area contributed by atoms with Crippen LogP contribution in [0, 0.1) is 5.92 Å². The van der Waals surface area contributed by atoms with Crippen molar-refractivity contribution < 1.29 is 17.9 Å². The topological polar surface area (TPSA) is 78.6 Å². The van der Waals surface area contributed by atoms with Crippen LogP contribution in [0.3, 0.4) is 0 Å². The standard InChI is InChI=1S/C17H16ClNO4S/c18-11-2-4-12(5-3-11)24(20,21)17-13(8-19)16(17)10-1-6-14-15(7-10)23-9-22-14/h1-7,13,16-17H,8-9,19H2/t13-,16+,17-/m1/s1. The number of ether oxygens (including phenoxy) is 2. The molecule has 1 saturated carbocycles. The van der Waals surface area contributed by atoms with Crippen LogP contribution in [0.5, 0.6) is 11.5 Å². The van der Waals surface area contributed by atoms with Crippen LogP contribution in [0.4, 0.5) is 0 Å². The molecule has 1 fully saturated rings. The van der Waals surface area contributed by atoms with Crippen molar-refractivity contribution in [2.75, 3.05) is 13.3 Å². The van der Waals surface area contributed by atoms with E-state index in [-0.39, 0.29) is 23.5 Å². The second-order valence-electron chi connectivity index (χ2n) is 6.00. The molecule has 7 heteroatoms. The Morgan fingerprint density at radius 2 is 1.79 bits per heavy atom. The van der Waals surface area contributed by atoms with Crippen molar-refractivity contribution in [1.82, 2.24) is 0 Å². The lowest BCUT2D eigenvalue weighted by atomic mass is 10.1. The van der Waals surface area contributed by atoms with Gasteiger partial charge in [-0.2, -0.15) is 0 Å². The second-order valence-corrected chi connectivity index (χ2v) is 8.54. The van der Waals surface area contributed by atoms with Gasteiger partial charge in [-0.05, 0) is 54.4 Å². The summed E-state index contributed by atoms with van der Waals surface area (Å²) < 4.78 is 36.6. The Bertz CT molecular complexity index is 882. The van der Waals surface area contributed by atoms with E-state index in [1.807, 2.05) is 18.2 Å². The van der Waals surface area contributed by atoms with Crippen molar-refractivity contribution in [3.05, 3.63) is 53.1 Å². The quantitative estimate of drug-likeness (QED) is 0.900. The maximum absolute atomic E-state index is 12.9. The fraction of sp³-hybridized carbons (Fsp3) is 0.294.